The van der Waals surface area contributed by atoms with Gasteiger partial charge in [-0.25, -0.2) is 4.98 Å². The number of rotatable bonds is 9. The van der Waals surface area contributed by atoms with Crippen LogP contribution in [0.2, 0.25) is 10.0 Å². The van der Waals surface area contributed by atoms with Crippen LogP contribution in [0.5, 0.6) is 11.5 Å². The van der Waals surface area contributed by atoms with Gasteiger partial charge in [0.1, 0.15) is 24.7 Å². The quantitative estimate of drug-likeness (QED) is 0.175. The molecule has 3 N–H and O–H groups in total. The Morgan fingerprint density at radius 3 is 2.51 bits per heavy atom. The van der Waals surface area contributed by atoms with Gasteiger partial charge in [0.25, 0.3) is 0 Å². The molecule has 39 heavy (non-hydrogen) atoms. The van der Waals surface area contributed by atoms with Gasteiger partial charge in [-0.05, 0) is 19.1 Å². The molecule has 1 fully saturated rings. The van der Waals surface area contributed by atoms with E-state index in [2.05, 4.69) is 23.0 Å². The van der Waals surface area contributed by atoms with Crippen molar-refractivity contribution in [3.63, 3.8) is 0 Å². The highest BCUT2D eigenvalue weighted by Gasteiger charge is 2.44. The van der Waals surface area contributed by atoms with Crippen LogP contribution in [0.4, 0.5) is 11.5 Å². The zero-order valence-electron chi connectivity index (χ0n) is 22.0. The fraction of sp³-hybridized carbons (Fsp3) is 0.333. The summed E-state index contributed by atoms with van der Waals surface area (Å²) in [6.45, 7) is 6.93. The van der Waals surface area contributed by atoms with Crippen LogP contribution in [0, 0.1) is 22.2 Å². The molecular formula is C27H28Cl2N6O3P+. The predicted molar refractivity (Wildman–Crippen MR) is 154 cm³/mol. The Morgan fingerprint density at radius 1 is 1.26 bits per heavy atom. The predicted octanol–water partition coefficient (Wildman–Crippen LogP) is 6.09. The number of pyridine rings is 2. The largest absolute Gasteiger partial charge is 0.493 e. The standard InChI is InChI=1S/C27H28Cl2N6O3P/c1-15(24-19(28)10-33-11-20(24)29)38-23-6-18(21(31)7-22(23)37-3)25(32)17-5-16(8-30)26(34-9-17)35-12-27(2,13-35)14-39(4)36/h5-7,9-11,15,32H,12-14,31H2,1-4H3/q+1/t15-/m1/s1. The summed E-state index contributed by atoms with van der Waals surface area (Å²) >= 11 is 12.6. The fourth-order valence-electron chi connectivity index (χ4n) is 4.85. The molecule has 2 aromatic heterocycles. The van der Waals surface area contributed by atoms with Crippen molar-refractivity contribution in [3.05, 3.63) is 69.1 Å². The lowest BCUT2D eigenvalue weighted by Crippen LogP contribution is -2.56. The van der Waals surface area contributed by atoms with Crippen LogP contribution in [0.3, 0.4) is 0 Å². The van der Waals surface area contributed by atoms with Crippen molar-refractivity contribution >= 4 is 48.2 Å². The smallest absolute Gasteiger partial charge is 0.336 e. The maximum atomic E-state index is 11.7. The number of nitrogens with zero attached hydrogens (tertiary/aromatic N) is 4. The first kappa shape index (κ1) is 28.6. The molecule has 0 saturated carbocycles. The lowest BCUT2D eigenvalue weighted by atomic mass is 9.84. The number of nitriles is 1. The number of nitrogens with one attached hydrogen (secondary N) is 1. The molecule has 3 aromatic rings. The first-order valence-corrected chi connectivity index (χ1v) is 14.7. The summed E-state index contributed by atoms with van der Waals surface area (Å²) < 4.78 is 23.4. The van der Waals surface area contributed by atoms with Gasteiger partial charge in [0, 0.05) is 65.5 Å². The second-order valence-electron chi connectivity index (χ2n) is 9.90. The topological polar surface area (TPSA) is 138 Å². The average Bonchev–Trinajstić information content (AvgIpc) is 2.86. The number of benzene rings is 1. The summed E-state index contributed by atoms with van der Waals surface area (Å²) in [6, 6.07) is 7.01. The summed E-state index contributed by atoms with van der Waals surface area (Å²) in [4.78, 5) is 10.5. The molecule has 0 bridgehead atoms. The molecule has 2 atom stereocenters. The van der Waals surface area contributed by atoms with E-state index in [9.17, 15) is 9.83 Å². The zero-order chi connectivity index (χ0) is 28.5. The Kier molecular flexibility index (Phi) is 8.31. The van der Waals surface area contributed by atoms with Crippen molar-refractivity contribution in [1.29, 1.82) is 10.7 Å². The van der Waals surface area contributed by atoms with Crippen LogP contribution in [0.15, 0.2) is 36.8 Å². The Bertz CT molecular complexity index is 1480. The van der Waals surface area contributed by atoms with Crippen LogP contribution < -0.4 is 20.1 Å². The molecule has 0 radical (unpaired) electrons. The normalized spacial score (nSPS) is 15.1. The van der Waals surface area contributed by atoms with Gasteiger partial charge in [-0.3, -0.25) is 10.4 Å². The molecule has 0 aliphatic carbocycles. The maximum Gasteiger partial charge on any atom is 0.336 e. The molecule has 1 unspecified atom stereocenters. The number of ether oxygens (including phenoxy) is 2. The highest BCUT2D eigenvalue weighted by atomic mass is 35.5. The zero-order valence-corrected chi connectivity index (χ0v) is 24.4. The number of methoxy groups -OCH3 is 1. The van der Waals surface area contributed by atoms with Gasteiger partial charge >= 0.3 is 7.80 Å². The van der Waals surface area contributed by atoms with E-state index in [0.29, 0.717) is 74.6 Å². The molecule has 12 heteroatoms. The number of hydrogen-bond acceptors (Lipinski definition) is 9. The van der Waals surface area contributed by atoms with E-state index < -0.39 is 13.9 Å². The minimum absolute atomic E-state index is 0.0691. The van der Waals surface area contributed by atoms with E-state index in [1.807, 2.05) is 4.90 Å². The average molecular weight is 586 g/mol. The fourth-order valence-corrected chi connectivity index (χ4v) is 6.80. The molecule has 4 rings (SSSR count). The molecule has 1 aromatic carbocycles. The van der Waals surface area contributed by atoms with Gasteiger partial charge in [0.15, 0.2) is 17.7 Å². The molecule has 1 aliphatic heterocycles. The highest BCUT2D eigenvalue weighted by molar-refractivity contribution is 7.43. The monoisotopic (exact) mass is 585 g/mol. The Labute approximate surface area is 238 Å². The second-order valence-corrected chi connectivity index (χ2v) is 12.3. The first-order chi connectivity index (χ1) is 18.5. The SMILES string of the molecule is COc1cc(N)c(C(=N)c2cnc(N3CC(C)(C[P+](C)=O)C3)c(C#N)c2)cc1O[C@H](C)c1c(Cl)cncc1Cl. The van der Waals surface area contributed by atoms with Crippen LogP contribution >= 0.6 is 31.0 Å². The summed E-state index contributed by atoms with van der Waals surface area (Å²) in [7, 11) is 0.240. The van der Waals surface area contributed by atoms with E-state index in [-0.39, 0.29) is 11.1 Å². The van der Waals surface area contributed by atoms with Gasteiger partial charge in [-0.2, -0.15) is 5.26 Å². The third kappa shape index (κ3) is 5.94. The highest BCUT2D eigenvalue weighted by Crippen LogP contribution is 2.41. The van der Waals surface area contributed by atoms with Gasteiger partial charge < -0.3 is 20.1 Å². The van der Waals surface area contributed by atoms with E-state index >= 15 is 0 Å². The van der Waals surface area contributed by atoms with Crippen molar-refractivity contribution in [2.75, 3.05) is 43.7 Å². The molecule has 0 spiro atoms. The van der Waals surface area contributed by atoms with Crippen molar-refractivity contribution in [2.45, 2.75) is 20.0 Å². The molecule has 3 heterocycles. The lowest BCUT2D eigenvalue weighted by Gasteiger charge is -2.46. The van der Waals surface area contributed by atoms with Crippen LogP contribution in [0.25, 0.3) is 0 Å². The summed E-state index contributed by atoms with van der Waals surface area (Å²) in [5, 5.41) is 19.4. The number of halogens is 2. The van der Waals surface area contributed by atoms with Crippen molar-refractivity contribution in [2.24, 2.45) is 5.41 Å². The number of hydrogen-bond donors (Lipinski definition) is 2. The summed E-state index contributed by atoms with van der Waals surface area (Å²) in [5.41, 5.74) is 8.31. The Hall–Kier alpha value is -3.44. The minimum Gasteiger partial charge on any atom is -0.493 e. The number of anilines is 2. The molecule has 1 aliphatic rings. The van der Waals surface area contributed by atoms with Crippen molar-refractivity contribution < 1.29 is 14.0 Å². The Morgan fingerprint density at radius 2 is 1.92 bits per heavy atom. The maximum absolute atomic E-state index is 11.7. The summed E-state index contributed by atoms with van der Waals surface area (Å²) in [6.07, 6.45) is 4.59. The van der Waals surface area contributed by atoms with Crippen LogP contribution in [0.1, 0.15) is 42.2 Å². The first-order valence-electron chi connectivity index (χ1n) is 12.0. The van der Waals surface area contributed by atoms with Gasteiger partial charge in [-0.1, -0.05) is 34.7 Å². The third-order valence-electron chi connectivity index (χ3n) is 6.53. The summed E-state index contributed by atoms with van der Waals surface area (Å²) in [5.74, 6) is 1.25. The van der Waals surface area contributed by atoms with E-state index in [4.69, 9.17) is 43.8 Å². The number of aromatic nitrogens is 2. The molecule has 9 nitrogen and oxygen atoms in total. The Balaban J connectivity index is 1.62. The van der Waals surface area contributed by atoms with Gasteiger partial charge in [-0.15, -0.1) is 0 Å². The van der Waals surface area contributed by atoms with Crippen LogP contribution in [-0.2, 0) is 4.57 Å². The van der Waals surface area contributed by atoms with E-state index in [1.54, 1.807) is 38.0 Å². The van der Waals surface area contributed by atoms with E-state index in [0.717, 1.165) is 0 Å². The van der Waals surface area contributed by atoms with Crippen LogP contribution in [-0.4, -0.2) is 48.7 Å². The number of nitrogens with two attached hydrogens (primary N) is 1. The molecule has 0 amide bonds. The third-order valence-corrected chi connectivity index (χ3v) is 8.34. The van der Waals surface area contributed by atoms with Crippen molar-refractivity contribution in [3.8, 4) is 17.6 Å². The number of nitrogen functional groups attached to an aromatic ring is 1. The van der Waals surface area contributed by atoms with Gasteiger partial charge in [0.05, 0.1) is 28.4 Å². The lowest BCUT2D eigenvalue weighted by molar-refractivity contribution is 0.216. The van der Waals surface area contributed by atoms with Gasteiger partial charge in [0.2, 0.25) is 0 Å². The molecule has 1 saturated heterocycles. The van der Waals surface area contributed by atoms with Crippen molar-refractivity contribution in [1.82, 2.24) is 9.97 Å². The molecular weight excluding hydrogens is 558 g/mol. The molecule has 202 valence electrons. The van der Waals surface area contributed by atoms with E-state index in [1.165, 1.54) is 19.5 Å². The second kappa shape index (κ2) is 11.4. The minimum atomic E-state index is -1.25.